The van der Waals surface area contributed by atoms with Gasteiger partial charge in [-0.3, -0.25) is 4.79 Å². The predicted molar refractivity (Wildman–Crippen MR) is 75.7 cm³/mol. The van der Waals surface area contributed by atoms with E-state index in [1.165, 1.54) is 0 Å². The first-order valence-electron chi connectivity index (χ1n) is 7.75. The smallest absolute Gasteiger partial charge is 0.223 e. The fourth-order valence-corrected chi connectivity index (χ4v) is 3.38. The molecule has 0 bridgehead atoms. The number of amides is 1. The van der Waals surface area contributed by atoms with Crippen LogP contribution in [0.25, 0.3) is 0 Å². The van der Waals surface area contributed by atoms with E-state index in [1.54, 1.807) is 0 Å². The molecule has 19 heavy (non-hydrogen) atoms. The van der Waals surface area contributed by atoms with Crippen LogP contribution < -0.4 is 11.1 Å². The molecule has 1 amide bonds. The number of hydrogen-bond acceptors (Lipinski definition) is 3. The number of nitrogens with two attached hydrogens (primary N) is 1. The van der Waals surface area contributed by atoms with Gasteiger partial charge < -0.3 is 15.8 Å². The Kier molecular flexibility index (Phi) is 5.22. The van der Waals surface area contributed by atoms with Crippen LogP contribution in [0.2, 0.25) is 0 Å². The number of hydrogen-bond donors (Lipinski definition) is 2. The van der Waals surface area contributed by atoms with E-state index in [9.17, 15) is 4.79 Å². The lowest BCUT2D eigenvalue weighted by atomic mass is 9.78. The first-order chi connectivity index (χ1) is 9.08. The highest BCUT2D eigenvalue weighted by Crippen LogP contribution is 2.29. The van der Waals surface area contributed by atoms with Crippen LogP contribution in [0.15, 0.2) is 0 Å². The van der Waals surface area contributed by atoms with Gasteiger partial charge in [0, 0.05) is 18.6 Å². The molecule has 0 aromatic carbocycles. The second-order valence-corrected chi connectivity index (χ2v) is 6.32. The van der Waals surface area contributed by atoms with Gasteiger partial charge in [0.25, 0.3) is 0 Å². The number of carbonyl (C=O) groups excluding carboxylic acids is 1. The van der Waals surface area contributed by atoms with Crippen molar-refractivity contribution in [3.8, 4) is 0 Å². The van der Waals surface area contributed by atoms with Crippen molar-refractivity contribution in [2.75, 3.05) is 6.61 Å². The third-order valence-corrected chi connectivity index (χ3v) is 4.77. The molecule has 5 unspecified atom stereocenters. The van der Waals surface area contributed by atoms with Gasteiger partial charge in [0.1, 0.15) is 0 Å². The molecule has 1 aliphatic heterocycles. The number of ether oxygens (including phenoxy) is 1. The average Bonchev–Trinajstić information content (AvgIpc) is 2.91. The van der Waals surface area contributed by atoms with E-state index < -0.39 is 0 Å². The molecule has 1 saturated carbocycles. The molecule has 1 saturated heterocycles. The molecule has 0 aromatic rings. The fourth-order valence-electron chi connectivity index (χ4n) is 3.38. The molecule has 3 N–H and O–H groups in total. The summed E-state index contributed by atoms with van der Waals surface area (Å²) in [5, 5.41) is 3.13. The Morgan fingerprint density at radius 3 is 2.68 bits per heavy atom. The lowest BCUT2D eigenvalue weighted by molar-refractivity contribution is -0.128. The monoisotopic (exact) mass is 268 g/mol. The summed E-state index contributed by atoms with van der Waals surface area (Å²) in [5.74, 6) is 0.678. The highest BCUT2D eigenvalue weighted by atomic mass is 16.5. The minimum Gasteiger partial charge on any atom is -0.376 e. The largest absolute Gasteiger partial charge is 0.376 e. The molecule has 2 rings (SSSR count). The highest BCUT2D eigenvalue weighted by Gasteiger charge is 2.31. The lowest BCUT2D eigenvalue weighted by Gasteiger charge is -2.31. The van der Waals surface area contributed by atoms with E-state index in [4.69, 9.17) is 10.5 Å². The molecule has 110 valence electrons. The number of carbonyl (C=O) groups is 1. The first-order valence-corrected chi connectivity index (χ1v) is 7.75. The van der Waals surface area contributed by atoms with Crippen LogP contribution in [0.4, 0.5) is 0 Å². The van der Waals surface area contributed by atoms with Gasteiger partial charge in [0.2, 0.25) is 5.91 Å². The first kappa shape index (κ1) is 14.8. The van der Waals surface area contributed by atoms with E-state index in [1.807, 2.05) is 13.8 Å². The maximum Gasteiger partial charge on any atom is 0.223 e. The van der Waals surface area contributed by atoms with Crippen LogP contribution in [0.1, 0.15) is 52.4 Å². The summed E-state index contributed by atoms with van der Waals surface area (Å²) in [6, 6.07) is 0.402. The van der Waals surface area contributed by atoms with Crippen molar-refractivity contribution in [2.45, 2.75) is 70.6 Å². The molecule has 0 spiro atoms. The lowest BCUT2D eigenvalue weighted by Crippen LogP contribution is -2.45. The van der Waals surface area contributed by atoms with Crippen molar-refractivity contribution in [1.29, 1.82) is 0 Å². The predicted octanol–water partition coefficient (Wildman–Crippen LogP) is 1.82. The van der Waals surface area contributed by atoms with Crippen LogP contribution in [0, 0.1) is 11.8 Å². The quantitative estimate of drug-likeness (QED) is 0.817. The Labute approximate surface area is 116 Å². The van der Waals surface area contributed by atoms with Gasteiger partial charge in [0.05, 0.1) is 12.1 Å². The van der Waals surface area contributed by atoms with Gasteiger partial charge in [-0.2, -0.15) is 0 Å². The summed E-state index contributed by atoms with van der Waals surface area (Å²) in [4.78, 5) is 12.3. The average molecular weight is 268 g/mol. The maximum atomic E-state index is 12.3. The summed E-state index contributed by atoms with van der Waals surface area (Å²) >= 11 is 0. The van der Waals surface area contributed by atoms with Crippen molar-refractivity contribution < 1.29 is 9.53 Å². The van der Waals surface area contributed by atoms with E-state index >= 15 is 0 Å². The SMILES string of the molecule is CC(NC(=O)C(C)C1CCCC(N)C1)C1CCCO1. The molecule has 2 fully saturated rings. The van der Waals surface area contributed by atoms with E-state index in [0.717, 1.165) is 45.1 Å². The van der Waals surface area contributed by atoms with Gasteiger partial charge in [-0.1, -0.05) is 13.3 Å². The molecule has 0 radical (unpaired) electrons. The van der Waals surface area contributed by atoms with Crippen LogP contribution >= 0.6 is 0 Å². The molecule has 0 aromatic heterocycles. The second-order valence-electron chi connectivity index (χ2n) is 6.32. The van der Waals surface area contributed by atoms with E-state index in [2.05, 4.69) is 5.32 Å². The second kappa shape index (κ2) is 6.71. The summed E-state index contributed by atoms with van der Waals surface area (Å²) in [6.07, 6.45) is 6.76. The van der Waals surface area contributed by atoms with Crippen molar-refractivity contribution in [3.63, 3.8) is 0 Å². The van der Waals surface area contributed by atoms with Crippen molar-refractivity contribution in [3.05, 3.63) is 0 Å². The topological polar surface area (TPSA) is 64.4 Å². The Morgan fingerprint density at radius 1 is 1.26 bits per heavy atom. The van der Waals surface area contributed by atoms with E-state index in [-0.39, 0.29) is 30.0 Å². The fraction of sp³-hybridized carbons (Fsp3) is 0.933. The van der Waals surface area contributed by atoms with Gasteiger partial charge in [-0.15, -0.1) is 0 Å². The van der Waals surface area contributed by atoms with Crippen molar-refractivity contribution >= 4 is 5.91 Å². The zero-order valence-electron chi connectivity index (χ0n) is 12.2. The molecule has 5 atom stereocenters. The van der Waals surface area contributed by atoms with Crippen LogP contribution in [-0.2, 0) is 9.53 Å². The zero-order valence-corrected chi connectivity index (χ0v) is 12.2. The van der Waals surface area contributed by atoms with Gasteiger partial charge in [0.15, 0.2) is 0 Å². The summed E-state index contributed by atoms with van der Waals surface area (Å²) < 4.78 is 5.62. The summed E-state index contributed by atoms with van der Waals surface area (Å²) in [6.45, 7) is 4.92. The third-order valence-electron chi connectivity index (χ3n) is 4.77. The van der Waals surface area contributed by atoms with Crippen LogP contribution in [0.3, 0.4) is 0 Å². The normalized spacial score (nSPS) is 34.8. The molecule has 4 nitrogen and oxygen atoms in total. The highest BCUT2D eigenvalue weighted by molar-refractivity contribution is 5.78. The zero-order chi connectivity index (χ0) is 13.8. The van der Waals surface area contributed by atoms with Crippen molar-refractivity contribution in [2.24, 2.45) is 17.6 Å². The van der Waals surface area contributed by atoms with E-state index in [0.29, 0.717) is 5.92 Å². The van der Waals surface area contributed by atoms with Crippen LogP contribution in [0.5, 0.6) is 0 Å². The third kappa shape index (κ3) is 3.93. The molecule has 1 heterocycles. The van der Waals surface area contributed by atoms with Crippen LogP contribution in [-0.4, -0.2) is 30.7 Å². The molecule has 2 aliphatic rings. The Hall–Kier alpha value is -0.610. The van der Waals surface area contributed by atoms with Gasteiger partial charge in [-0.05, 0) is 44.9 Å². The Balaban J connectivity index is 1.81. The van der Waals surface area contributed by atoms with Gasteiger partial charge >= 0.3 is 0 Å². The molecule has 1 aliphatic carbocycles. The Morgan fingerprint density at radius 2 is 2.05 bits per heavy atom. The molecular formula is C15H28N2O2. The summed E-state index contributed by atoms with van der Waals surface area (Å²) in [5.41, 5.74) is 6.01. The summed E-state index contributed by atoms with van der Waals surface area (Å²) in [7, 11) is 0. The minimum absolute atomic E-state index is 0.0650. The van der Waals surface area contributed by atoms with Crippen molar-refractivity contribution in [1.82, 2.24) is 5.32 Å². The molecule has 4 heteroatoms. The van der Waals surface area contributed by atoms with Gasteiger partial charge in [-0.25, -0.2) is 0 Å². The number of nitrogens with one attached hydrogen (secondary N) is 1. The Bertz CT molecular complexity index is 303. The standard InChI is InChI=1S/C15H28N2O2/c1-10(12-5-3-6-13(16)9-12)15(18)17-11(2)14-7-4-8-19-14/h10-14H,3-9,16H2,1-2H3,(H,17,18). The maximum absolute atomic E-state index is 12.3. The minimum atomic E-state index is 0.0650. The molecular weight excluding hydrogens is 240 g/mol. The number of rotatable bonds is 4.